The maximum Gasteiger partial charge on any atom is 0.238 e. The number of benzene rings is 2. The number of hydrogen-bond donors (Lipinski definition) is 1. The van der Waals surface area contributed by atoms with Crippen molar-refractivity contribution >= 4 is 15.7 Å². The second-order valence-corrected chi connectivity index (χ2v) is 8.59. The third kappa shape index (κ3) is 5.88. The van der Waals surface area contributed by atoms with Gasteiger partial charge in [-0.05, 0) is 36.6 Å². The van der Waals surface area contributed by atoms with Gasteiger partial charge in [-0.3, -0.25) is 4.79 Å². The lowest BCUT2D eigenvalue weighted by Crippen LogP contribution is -2.38. The molecular weight excluding hydrogens is 350 g/mol. The van der Waals surface area contributed by atoms with E-state index in [4.69, 9.17) is 4.74 Å². The summed E-state index contributed by atoms with van der Waals surface area (Å²) in [4.78, 5) is 12.0. The number of ether oxygens (including phenoxy) is 1. The van der Waals surface area contributed by atoms with Gasteiger partial charge >= 0.3 is 0 Å². The minimum Gasteiger partial charge on any atom is -0.489 e. The zero-order valence-electron chi connectivity index (χ0n) is 15.1. The van der Waals surface area contributed by atoms with Gasteiger partial charge in [-0.1, -0.05) is 49.4 Å². The summed E-state index contributed by atoms with van der Waals surface area (Å²) >= 11 is 0. The van der Waals surface area contributed by atoms with Crippen molar-refractivity contribution in [2.24, 2.45) is 0 Å². The molecule has 0 saturated carbocycles. The molecule has 1 unspecified atom stereocenters. The highest BCUT2D eigenvalue weighted by molar-refractivity contribution is 7.92. The van der Waals surface area contributed by atoms with Gasteiger partial charge in [-0.2, -0.15) is 0 Å². The molecule has 6 heteroatoms. The molecular formula is C20H25NO4S. The van der Waals surface area contributed by atoms with E-state index < -0.39 is 21.0 Å². The minimum atomic E-state index is -3.39. The zero-order chi connectivity index (χ0) is 19.0. The lowest BCUT2D eigenvalue weighted by atomic mass is 10.2. The smallest absolute Gasteiger partial charge is 0.238 e. The lowest BCUT2D eigenvalue weighted by molar-refractivity contribution is -0.120. The molecule has 2 aromatic rings. The Kier molecular flexibility index (Phi) is 7.21. The van der Waals surface area contributed by atoms with Crippen LogP contribution in [0.15, 0.2) is 54.6 Å². The van der Waals surface area contributed by atoms with Crippen LogP contribution in [0.25, 0.3) is 0 Å². The molecule has 140 valence electrons. The Bertz CT molecular complexity index is 801. The molecule has 0 radical (unpaired) electrons. The van der Waals surface area contributed by atoms with Crippen LogP contribution in [0.3, 0.4) is 0 Å². The maximum absolute atomic E-state index is 12.0. The molecule has 0 aromatic heterocycles. The summed E-state index contributed by atoms with van der Waals surface area (Å²) < 4.78 is 29.6. The standard InChI is InChI=1S/C20H25NO4S/c1-3-13-26(23,24)16(2)20(22)21-14-17-9-11-19(12-10-17)25-15-18-7-5-4-6-8-18/h4-12,16H,3,13-15H2,1-2H3,(H,21,22). The van der Waals surface area contributed by atoms with Gasteiger partial charge < -0.3 is 10.1 Å². The van der Waals surface area contributed by atoms with Crippen LogP contribution in [0.5, 0.6) is 5.75 Å². The first kappa shape index (κ1) is 20.0. The minimum absolute atomic E-state index is 0.0229. The monoisotopic (exact) mass is 375 g/mol. The Labute approximate surface area is 155 Å². The van der Waals surface area contributed by atoms with Crippen molar-refractivity contribution < 1.29 is 17.9 Å². The van der Waals surface area contributed by atoms with Gasteiger partial charge in [0.2, 0.25) is 5.91 Å². The van der Waals surface area contributed by atoms with Crippen LogP contribution in [0.4, 0.5) is 0 Å². The Morgan fingerprint density at radius 2 is 1.69 bits per heavy atom. The number of sulfone groups is 1. The summed E-state index contributed by atoms with van der Waals surface area (Å²) in [7, 11) is -3.39. The number of carbonyl (C=O) groups excluding carboxylic acids is 1. The van der Waals surface area contributed by atoms with Crippen molar-refractivity contribution in [1.29, 1.82) is 0 Å². The average molecular weight is 375 g/mol. The number of hydrogen-bond acceptors (Lipinski definition) is 4. The van der Waals surface area contributed by atoms with E-state index >= 15 is 0 Å². The Hall–Kier alpha value is -2.34. The summed E-state index contributed by atoms with van der Waals surface area (Å²) in [5, 5.41) is 1.65. The molecule has 0 aliphatic heterocycles. The van der Waals surface area contributed by atoms with E-state index in [1.165, 1.54) is 6.92 Å². The van der Waals surface area contributed by atoms with E-state index in [-0.39, 0.29) is 12.3 Å². The van der Waals surface area contributed by atoms with Gasteiger partial charge in [0, 0.05) is 6.54 Å². The number of nitrogens with one attached hydrogen (secondary N) is 1. The quantitative estimate of drug-likeness (QED) is 0.731. The molecule has 2 aromatic carbocycles. The zero-order valence-corrected chi connectivity index (χ0v) is 16.0. The van der Waals surface area contributed by atoms with Gasteiger partial charge in [-0.15, -0.1) is 0 Å². The van der Waals surface area contributed by atoms with E-state index in [2.05, 4.69) is 5.32 Å². The summed E-state index contributed by atoms with van der Waals surface area (Å²) in [5.41, 5.74) is 1.97. The Morgan fingerprint density at radius 3 is 2.31 bits per heavy atom. The van der Waals surface area contributed by atoms with E-state index in [0.717, 1.165) is 16.9 Å². The van der Waals surface area contributed by atoms with Crippen LogP contribution in [-0.4, -0.2) is 25.3 Å². The van der Waals surface area contributed by atoms with Crippen molar-refractivity contribution in [3.63, 3.8) is 0 Å². The van der Waals surface area contributed by atoms with Crippen LogP contribution < -0.4 is 10.1 Å². The second-order valence-electron chi connectivity index (χ2n) is 6.15. The summed E-state index contributed by atoms with van der Waals surface area (Å²) in [5.74, 6) is 0.292. The Balaban J connectivity index is 1.84. The highest BCUT2D eigenvalue weighted by atomic mass is 32.2. The van der Waals surface area contributed by atoms with Crippen LogP contribution in [0.2, 0.25) is 0 Å². The van der Waals surface area contributed by atoms with Gasteiger partial charge in [0.1, 0.15) is 17.6 Å². The Morgan fingerprint density at radius 1 is 1.04 bits per heavy atom. The first-order valence-electron chi connectivity index (χ1n) is 8.67. The molecule has 0 aliphatic rings. The van der Waals surface area contributed by atoms with Crippen molar-refractivity contribution in [3.8, 4) is 5.75 Å². The van der Waals surface area contributed by atoms with Crippen LogP contribution in [-0.2, 0) is 27.8 Å². The SMILES string of the molecule is CCCS(=O)(=O)C(C)C(=O)NCc1ccc(OCc2ccccc2)cc1. The molecule has 2 rings (SSSR count). The molecule has 0 spiro atoms. The molecule has 26 heavy (non-hydrogen) atoms. The fourth-order valence-electron chi connectivity index (χ4n) is 2.40. The summed E-state index contributed by atoms with van der Waals surface area (Å²) in [6, 6.07) is 17.3. The molecule has 1 N–H and O–H groups in total. The lowest BCUT2D eigenvalue weighted by Gasteiger charge is -2.13. The average Bonchev–Trinajstić information content (AvgIpc) is 2.65. The van der Waals surface area contributed by atoms with Gasteiger partial charge in [0.05, 0.1) is 5.75 Å². The fourth-order valence-corrected chi connectivity index (χ4v) is 3.73. The first-order chi connectivity index (χ1) is 12.4. The van der Waals surface area contributed by atoms with E-state index in [1.54, 1.807) is 6.92 Å². The van der Waals surface area contributed by atoms with Crippen LogP contribution >= 0.6 is 0 Å². The maximum atomic E-state index is 12.0. The molecule has 0 aliphatic carbocycles. The van der Waals surface area contributed by atoms with Crippen LogP contribution in [0.1, 0.15) is 31.4 Å². The molecule has 1 atom stereocenters. The second kappa shape index (κ2) is 9.38. The number of carbonyl (C=O) groups is 1. The predicted molar refractivity (Wildman–Crippen MR) is 103 cm³/mol. The third-order valence-corrected chi connectivity index (χ3v) is 6.30. The summed E-state index contributed by atoms with van der Waals surface area (Å²) in [6.45, 7) is 3.98. The highest BCUT2D eigenvalue weighted by Gasteiger charge is 2.26. The third-order valence-electron chi connectivity index (χ3n) is 4.03. The molecule has 0 heterocycles. The topological polar surface area (TPSA) is 72.5 Å². The van der Waals surface area contributed by atoms with Crippen molar-refractivity contribution in [2.45, 2.75) is 38.7 Å². The van der Waals surface area contributed by atoms with E-state index in [0.29, 0.717) is 13.0 Å². The molecule has 0 bridgehead atoms. The molecule has 1 amide bonds. The molecule has 0 fully saturated rings. The number of rotatable bonds is 9. The van der Waals surface area contributed by atoms with Gasteiger partial charge in [0.25, 0.3) is 0 Å². The van der Waals surface area contributed by atoms with Crippen molar-refractivity contribution in [3.05, 3.63) is 65.7 Å². The summed E-state index contributed by atoms with van der Waals surface area (Å²) in [6.07, 6.45) is 0.504. The van der Waals surface area contributed by atoms with E-state index in [9.17, 15) is 13.2 Å². The van der Waals surface area contributed by atoms with E-state index in [1.807, 2.05) is 54.6 Å². The van der Waals surface area contributed by atoms with Gasteiger partial charge in [0.15, 0.2) is 9.84 Å². The van der Waals surface area contributed by atoms with Crippen molar-refractivity contribution in [1.82, 2.24) is 5.32 Å². The van der Waals surface area contributed by atoms with Crippen molar-refractivity contribution in [2.75, 3.05) is 5.75 Å². The number of amides is 1. The van der Waals surface area contributed by atoms with Gasteiger partial charge in [-0.25, -0.2) is 8.42 Å². The van der Waals surface area contributed by atoms with Crippen LogP contribution in [0, 0.1) is 0 Å². The highest BCUT2D eigenvalue weighted by Crippen LogP contribution is 2.14. The predicted octanol–water partition coefficient (Wildman–Crippen LogP) is 3.10. The largest absolute Gasteiger partial charge is 0.489 e. The fraction of sp³-hybridized carbons (Fsp3) is 0.350. The normalized spacial score (nSPS) is 12.4. The first-order valence-corrected chi connectivity index (χ1v) is 10.4. The molecule has 5 nitrogen and oxygen atoms in total. The molecule has 0 saturated heterocycles.